The molecule has 102 valence electrons. The Labute approximate surface area is 106 Å². The van der Waals surface area contributed by atoms with Crippen LogP contribution in [0.15, 0.2) is 11.2 Å². The number of aromatic amines is 1. The Morgan fingerprint density at radius 1 is 1.56 bits per heavy atom. The Kier molecular flexibility index (Phi) is 3.71. The smallest absolute Gasteiger partial charge is 0.258 e. The van der Waals surface area contributed by atoms with E-state index in [4.69, 9.17) is 4.74 Å². The zero-order valence-corrected chi connectivity index (χ0v) is 11.0. The highest BCUT2D eigenvalue weighted by Crippen LogP contribution is 2.22. The van der Waals surface area contributed by atoms with Crippen LogP contribution in [0.3, 0.4) is 0 Å². The molecule has 0 aliphatic carbocycles. The minimum absolute atomic E-state index is 0.0133. The van der Waals surface area contributed by atoms with E-state index in [9.17, 15) is 13.5 Å². The highest BCUT2D eigenvalue weighted by molar-refractivity contribution is 7.89. The zero-order valence-electron chi connectivity index (χ0n) is 10.1. The van der Waals surface area contributed by atoms with Crippen molar-refractivity contribution in [3.8, 4) is 0 Å². The number of aryl methyl sites for hydroxylation is 1. The minimum atomic E-state index is -3.69. The highest BCUT2D eigenvalue weighted by atomic mass is 32.2. The van der Waals surface area contributed by atoms with Crippen LogP contribution in [0.25, 0.3) is 0 Å². The zero-order chi connectivity index (χ0) is 13.2. The van der Waals surface area contributed by atoms with Gasteiger partial charge in [0.1, 0.15) is 5.82 Å². The number of hydrogen-bond acceptors (Lipinski definition) is 5. The van der Waals surface area contributed by atoms with Crippen molar-refractivity contribution < 1.29 is 18.3 Å². The van der Waals surface area contributed by atoms with E-state index in [1.165, 1.54) is 6.20 Å². The van der Waals surface area contributed by atoms with Gasteiger partial charge in [-0.3, -0.25) is 0 Å². The number of aromatic nitrogens is 2. The second-order valence-corrected chi connectivity index (χ2v) is 6.14. The lowest BCUT2D eigenvalue weighted by atomic mass is 9.93. The molecule has 0 aromatic carbocycles. The molecular formula is C10H17N3O4S. The van der Waals surface area contributed by atoms with E-state index in [-0.39, 0.29) is 11.6 Å². The quantitative estimate of drug-likeness (QED) is 0.689. The SMILES string of the molecule is Cc1ncc(S(=O)(=O)NC2(CO)CCOCC2)[nH]1. The molecular weight excluding hydrogens is 258 g/mol. The first kappa shape index (κ1) is 13.5. The first-order chi connectivity index (χ1) is 8.47. The summed E-state index contributed by atoms with van der Waals surface area (Å²) < 4.78 is 32.0. The van der Waals surface area contributed by atoms with E-state index in [2.05, 4.69) is 14.7 Å². The lowest BCUT2D eigenvalue weighted by Crippen LogP contribution is -2.54. The maximum atomic E-state index is 12.1. The van der Waals surface area contributed by atoms with Gasteiger partial charge in [0.05, 0.1) is 18.3 Å². The van der Waals surface area contributed by atoms with Gasteiger partial charge in [0.15, 0.2) is 5.03 Å². The van der Waals surface area contributed by atoms with E-state index in [0.717, 1.165) is 0 Å². The minimum Gasteiger partial charge on any atom is -0.394 e. The molecule has 8 heteroatoms. The van der Waals surface area contributed by atoms with Crippen molar-refractivity contribution in [3.63, 3.8) is 0 Å². The topological polar surface area (TPSA) is 104 Å². The molecule has 0 saturated carbocycles. The van der Waals surface area contributed by atoms with Crippen molar-refractivity contribution in [2.24, 2.45) is 0 Å². The summed E-state index contributed by atoms with van der Waals surface area (Å²) in [6, 6.07) is 0. The summed E-state index contributed by atoms with van der Waals surface area (Å²) in [6.45, 7) is 2.30. The Bertz CT molecular complexity index is 505. The summed E-state index contributed by atoms with van der Waals surface area (Å²) in [6.07, 6.45) is 2.17. The Morgan fingerprint density at radius 3 is 2.72 bits per heavy atom. The van der Waals surface area contributed by atoms with Gasteiger partial charge in [-0.1, -0.05) is 0 Å². The number of aliphatic hydroxyl groups excluding tert-OH is 1. The summed E-state index contributed by atoms with van der Waals surface area (Å²) in [5.41, 5.74) is -0.837. The van der Waals surface area contributed by atoms with E-state index in [1.807, 2.05) is 0 Å². The van der Waals surface area contributed by atoms with Gasteiger partial charge in [0, 0.05) is 13.2 Å². The van der Waals surface area contributed by atoms with Crippen molar-refractivity contribution in [1.82, 2.24) is 14.7 Å². The average Bonchev–Trinajstić information content (AvgIpc) is 2.77. The molecule has 2 heterocycles. The number of sulfonamides is 1. The first-order valence-electron chi connectivity index (χ1n) is 5.72. The maximum Gasteiger partial charge on any atom is 0.258 e. The molecule has 18 heavy (non-hydrogen) atoms. The van der Waals surface area contributed by atoms with Gasteiger partial charge in [-0.15, -0.1) is 0 Å². The van der Waals surface area contributed by atoms with Gasteiger partial charge < -0.3 is 14.8 Å². The molecule has 1 aliphatic heterocycles. The molecule has 2 rings (SSSR count). The molecule has 1 saturated heterocycles. The Hall–Kier alpha value is -0.960. The lowest BCUT2D eigenvalue weighted by molar-refractivity contribution is 0.0222. The lowest BCUT2D eigenvalue weighted by Gasteiger charge is -2.35. The number of nitrogens with zero attached hydrogens (tertiary/aromatic N) is 1. The molecule has 0 spiro atoms. The van der Waals surface area contributed by atoms with Crippen molar-refractivity contribution in [2.75, 3.05) is 19.8 Å². The van der Waals surface area contributed by atoms with Gasteiger partial charge in [-0.25, -0.2) is 18.1 Å². The molecule has 1 aromatic heterocycles. The van der Waals surface area contributed by atoms with Crippen molar-refractivity contribution in [2.45, 2.75) is 30.3 Å². The highest BCUT2D eigenvalue weighted by Gasteiger charge is 2.37. The van der Waals surface area contributed by atoms with E-state index in [0.29, 0.717) is 31.9 Å². The van der Waals surface area contributed by atoms with Gasteiger partial charge in [0.25, 0.3) is 10.0 Å². The number of hydrogen-bond donors (Lipinski definition) is 3. The van der Waals surface area contributed by atoms with E-state index >= 15 is 0 Å². The molecule has 0 radical (unpaired) electrons. The Morgan fingerprint density at radius 2 is 2.22 bits per heavy atom. The third-order valence-electron chi connectivity index (χ3n) is 3.07. The number of aliphatic hydroxyl groups is 1. The number of H-pyrrole nitrogens is 1. The fraction of sp³-hybridized carbons (Fsp3) is 0.700. The van der Waals surface area contributed by atoms with E-state index < -0.39 is 15.6 Å². The average molecular weight is 275 g/mol. The molecule has 7 nitrogen and oxygen atoms in total. The van der Waals surface area contributed by atoms with Crippen LogP contribution in [0.5, 0.6) is 0 Å². The molecule has 1 aromatic rings. The van der Waals surface area contributed by atoms with Crippen LogP contribution in [-0.4, -0.2) is 48.9 Å². The van der Waals surface area contributed by atoms with Gasteiger partial charge in [-0.05, 0) is 19.8 Å². The fourth-order valence-electron chi connectivity index (χ4n) is 1.93. The van der Waals surface area contributed by atoms with E-state index in [1.54, 1.807) is 6.92 Å². The van der Waals surface area contributed by atoms with Crippen LogP contribution in [-0.2, 0) is 14.8 Å². The van der Waals surface area contributed by atoms with Crippen LogP contribution in [0.4, 0.5) is 0 Å². The number of rotatable bonds is 4. The molecule has 0 bridgehead atoms. The summed E-state index contributed by atoms with van der Waals surface area (Å²) in [7, 11) is -3.69. The number of imidazole rings is 1. The van der Waals surface area contributed by atoms with Crippen LogP contribution < -0.4 is 4.72 Å². The molecule has 0 atom stereocenters. The second kappa shape index (κ2) is 4.96. The van der Waals surface area contributed by atoms with Gasteiger partial charge in [0.2, 0.25) is 0 Å². The third kappa shape index (κ3) is 2.72. The standard InChI is InChI=1S/C10H17N3O4S/c1-8-11-6-9(12-8)18(15,16)13-10(7-14)2-4-17-5-3-10/h6,13-14H,2-5,7H2,1H3,(H,11,12). The molecule has 3 N–H and O–H groups in total. The van der Waals surface area contributed by atoms with Gasteiger partial charge in [-0.2, -0.15) is 0 Å². The summed E-state index contributed by atoms with van der Waals surface area (Å²) in [4.78, 5) is 6.54. The monoisotopic (exact) mass is 275 g/mol. The summed E-state index contributed by atoms with van der Waals surface area (Å²) in [5, 5.41) is 9.46. The van der Waals surface area contributed by atoms with Crippen molar-refractivity contribution in [3.05, 3.63) is 12.0 Å². The molecule has 1 fully saturated rings. The normalized spacial score (nSPS) is 19.9. The van der Waals surface area contributed by atoms with Crippen LogP contribution >= 0.6 is 0 Å². The second-order valence-electron chi connectivity index (χ2n) is 4.49. The third-order valence-corrected chi connectivity index (χ3v) is 4.56. The van der Waals surface area contributed by atoms with Crippen molar-refractivity contribution >= 4 is 10.0 Å². The van der Waals surface area contributed by atoms with Crippen LogP contribution in [0.2, 0.25) is 0 Å². The summed E-state index contributed by atoms with van der Waals surface area (Å²) in [5.74, 6) is 0.528. The van der Waals surface area contributed by atoms with Crippen LogP contribution in [0.1, 0.15) is 18.7 Å². The molecule has 0 unspecified atom stereocenters. The summed E-state index contributed by atoms with van der Waals surface area (Å²) >= 11 is 0. The number of ether oxygens (including phenoxy) is 1. The largest absolute Gasteiger partial charge is 0.394 e. The molecule has 1 aliphatic rings. The first-order valence-corrected chi connectivity index (χ1v) is 7.20. The maximum absolute atomic E-state index is 12.1. The predicted molar refractivity (Wildman–Crippen MR) is 63.5 cm³/mol. The fourth-order valence-corrected chi connectivity index (χ4v) is 3.35. The van der Waals surface area contributed by atoms with Gasteiger partial charge >= 0.3 is 0 Å². The number of nitrogens with one attached hydrogen (secondary N) is 2. The van der Waals surface area contributed by atoms with Crippen LogP contribution in [0, 0.1) is 6.92 Å². The Balaban J connectivity index is 2.21. The van der Waals surface area contributed by atoms with Crippen molar-refractivity contribution in [1.29, 1.82) is 0 Å². The predicted octanol–water partition coefficient (Wildman–Crippen LogP) is -0.462. The molecule has 0 amide bonds.